The first-order valence-electron chi connectivity index (χ1n) is 6.62. The minimum atomic E-state index is 0. The molecule has 4 heteroatoms. The van der Waals surface area contributed by atoms with Crippen molar-refractivity contribution in [2.75, 3.05) is 19.6 Å². The lowest BCUT2D eigenvalue weighted by Gasteiger charge is -2.32. The first kappa shape index (κ1) is 15.4. The zero-order valence-electron chi connectivity index (χ0n) is 11.1. The lowest BCUT2D eigenvalue weighted by molar-refractivity contribution is 0.162. The van der Waals surface area contributed by atoms with Gasteiger partial charge in [-0.25, -0.2) is 0 Å². The molecule has 102 valence electrons. The highest BCUT2D eigenvalue weighted by Gasteiger charge is 2.19. The van der Waals surface area contributed by atoms with Gasteiger partial charge in [0.2, 0.25) is 0 Å². The Morgan fingerprint density at radius 1 is 1.50 bits per heavy atom. The van der Waals surface area contributed by atoms with Gasteiger partial charge in [-0.05, 0) is 56.8 Å². The van der Waals surface area contributed by atoms with Gasteiger partial charge in [0.1, 0.15) is 0 Å². The Balaban J connectivity index is 0.00000162. The molecule has 1 aromatic heterocycles. The number of likely N-dealkylation sites (tertiary alicyclic amines) is 1. The summed E-state index contributed by atoms with van der Waals surface area (Å²) in [6.07, 6.45) is 5.69. The van der Waals surface area contributed by atoms with Gasteiger partial charge in [0.05, 0.1) is 0 Å². The molecule has 1 aliphatic heterocycles. The van der Waals surface area contributed by atoms with Crippen molar-refractivity contribution in [2.24, 2.45) is 11.7 Å². The van der Waals surface area contributed by atoms with Crippen molar-refractivity contribution in [3.63, 3.8) is 0 Å². The monoisotopic (exact) mass is 269 g/mol. The molecule has 2 rings (SSSR count). The zero-order valence-corrected chi connectivity index (χ0v) is 12.0. The fourth-order valence-electron chi connectivity index (χ4n) is 2.69. The summed E-state index contributed by atoms with van der Waals surface area (Å²) in [5.74, 6) is 0.797. The van der Waals surface area contributed by atoms with Crippen LogP contribution in [0.4, 0.5) is 0 Å². The summed E-state index contributed by atoms with van der Waals surface area (Å²) < 4.78 is 0. The number of hydrogen-bond acceptors (Lipinski definition) is 3. The van der Waals surface area contributed by atoms with Crippen LogP contribution < -0.4 is 5.73 Å². The average molecular weight is 270 g/mol. The Morgan fingerprint density at radius 2 is 2.33 bits per heavy atom. The van der Waals surface area contributed by atoms with Crippen LogP contribution in [-0.2, 0) is 6.54 Å². The lowest BCUT2D eigenvalue weighted by Crippen LogP contribution is -2.35. The number of nitrogens with two attached hydrogens (primary N) is 1. The lowest BCUT2D eigenvalue weighted by atomic mass is 9.94. The SMILES string of the molecule is Cc1ncccc1CN1CCCC(CCN)C1.Cl. The van der Waals surface area contributed by atoms with Gasteiger partial charge in [0.25, 0.3) is 0 Å². The van der Waals surface area contributed by atoms with Crippen molar-refractivity contribution in [1.82, 2.24) is 9.88 Å². The van der Waals surface area contributed by atoms with Crippen LogP contribution in [0, 0.1) is 12.8 Å². The van der Waals surface area contributed by atoms with E-state index in [-0.39, 0.29) is 12.4 Å². The molecule has 0 aromatic carbocycles. The van der Waals surface area contributed by atoms with Gasteiger partial charge in [0, 0.05) is 25.0 Å². The highest BCUT2D eigenvalue weighted by molar-refractivity contribution is 5.85. The first-order valence-corrected chi connectivity index (χ1v) is 6.62. The molecule has 1 aromatic rings. The summed E-state index contributed by atoms with van der Waals surface area (Å²) in [6.45, 7) is 6.38. The number of rotatable bonds is 4. The minimum Gasteiger partial charge on any atom is -0.330 e. The smallest absolute Gasteiger partial charge is 0.0417 e. The van der Waals surface area contributed by atoms with E-state index in [0.717, 1.165) is 24.7 Å². The molecule has 3 nitrogen and oxygen atoms in total. The number of aromatic nitrogens is 1. The van der Waals surface area contributed by atoms with Crippen molar-refractivity contribution in [3.05, 3.63) is 29.6 Å². The van der Waals surface area contributed by atoms with Crippen molar-refractivity contribution in [1.29, 1.82) is 0 Å². The van der Waals surface area contributed by atoms with E-state index in [1.807, 2.05) is 12.3 Å². The fraction of sp³-hybridized carbons (Fsp3) is 0.643. The van der Waals surface area contributed by atoms with Crippen molar-refractivity contribution < 1.29 is 0 Å². The molecule has 2 heterocycles. The van der Waals surface area contributed by atoms with E-state index in [1.54, 1.807) is 0 Å². The molecule has 1 aliphatic rings. The van der Waals surface area contributed by atoms with Gasteiger partial charge in [0.15, 0.2) is 0 Å². The third-order valence-electron chi connectivity index (χ3n) is 3.69. The van der Waals surface area contributed by atoms with Gasteiger partial charge < -0.3 is 5.73 Å². The second kappa shape index (κ2) is 7.72. The fourth-order valence-corrected chi connectivity index (χ4v) is 2.69. The summed E-state index contributed by atoms with van der Waals surface area (Å²) in [7, 11) is 0. The molecule has 0 bridgehead atoms. The molecule has 1 unspecified atom stereocenters. The van der Waals surface area contributed by atoms with Crippen LogP contribution >= 0.6 is 12.4 Å². The number of aryl methyl sites for hydroxylation is 1. The third-order valence-corrected chi connectivity index (χ3v) is 3.69. The topological polar surface area (TPSA) is 42.2 Å². The van der Waals surface area contributed by atoms with Gasteiger partial charge >= 0.3 is 0 Å². The van der Waals surface area contributed by atoms with Crippen LogP contribution in [0.2, 0.25) is 0 Å². The average Bonchev–Trinajstić information content (AvgIpc) is 2.33. The molecule has 0 radical (unpaired) electrons. The van der Waals surface area contributed by atoms with Crippen LogP contribution in [0.15, 0.2) is 18.3 Å². The molecule has 1 atom stereocenters. The van der Waals surface area contributed by atoms with Gasteiger partial charge in [-0.15, -0.1) is 12.4 Å². The highest BCUT2D eigenvalue weighted by Crippen LogP contribution is 2.21. The Hall–Kier alpha value is -0.640. The standard InChI is InChI=1S/C14H23N3.ClH/c1-12-14(5-2-8-16-12)11-17-9-3-4-13(10-17)6-7-15;/h2,5,8,13H,3-4,6-7,9-11,15H2,1H3;1H. The molecule has 0 amide bonds. The third kappa shape index (κ3) is 4.23. The molecule has 0 aliphatic carbocycles. The van der Waals surface area contributed by atoms with E-state index in [0.29, 0.717) is 0 Å². The quantitative estimate of drug-likeness (QED) is 0.913. The van der Waals surface area contributed by atoms with E-state index in [9.17, 15) is 0 Å². The van der Waals surface area contributed by atoms with Crippen LogP contribution in [-0.4, -0.2) is 29.5 Å². The summed E-state index contributed by atoms with van der Waals surface area (Å²) in [5.41, 5.74) is 8.18. The Bertz CT molecular complexity index is 355. The summed E-state index contributed by atoms with van der Waals surface area (Å²) in [5, 5.41) is 0. The summed E-state index contributed by atoms with van der Waals surface area (Å²) >= 11 is 0. The largest absolute Gasteiger partial charge is 0.330 e. The maximum Gasteiger partial charge on any atom is 0.0417 e. The van der Waals surface area contributed by atoms with Gasteiger partial charge in [-0.1, -0.05) is 6.07 Å². The van der Waals surface area contributed by atoms with E-state index in [2.05, 4.69) is 22.9 Å². The van der Waals surface area contributed by atoms with Crippen molar-refractivity contribution >= 4 is 12.4 Å². The van der Waals surface area contributed by atoms with E-state index < -0.39 is 0 Å². The number of pyridine rings is 1. The molecule has 0 spiro atoms. The number of nitrogens with zero attached hydrogens (tertiary/aromatic N) is 2. The van der Waals surface area contributed by atoms with Gasteiger partial charge in [-0.2, -0.15) is 0 Å². The summed E-state index contributed by atoms with van der Waals surface area (Å²) in [6, 6.07) is 4.22. The molecule has 1 saturated heterocycles. The Labute approximate surface area is 116 Å². The number of piperidine rings is 1. The molecule has 18 heavy (non-hydrogen) atoms. The maximum atomic E-state index is 5.65. The Kier molecular flexibility index (Phi) is 6.61. The second-order valence-corrected chi connectivity index (χ2v) is 5.07. The van der Waals surface area contributed by atoms with Gasteiger partial charge in [-0.3, -0.25) is 9.88 Å². The first-order chi connectivity index (χ1) is 8.29. The van der Waals surface area contributed by atoms with E-state index in [4.69, 9.17) is 5.73 Å². The minimum absolute atomic E-state index is 0. The normalized spacial score (nSPS) is 20.4. The summed E-state index contributed by atoms with van der Waals surface area (Å²) in [4.78, 5) is 6.90. The highest BCUT2D eigenvalue weighted by atomic mass is 35.5. The zero-order chi connectivity index (χ0) is 12.1. The predicted octanol–water partition coefficient (Wildman–Crippen LogP) is 2.37. The van der Waals surface area contributed by atoms with Crippen LogP contribution in [0.1, 0.15) is 30.5 Å². The Morgan fingerprint density at radius 3 is 3.06 bits per heavy atom. The predicted molar refractivity (Wildman–Crippen MR) is 77.9 cm³/mol. The molecule has 2 N–H and O–H groups in total. The van der Waals surface area contributed by atoms with Crippen LogP contribution in [0.25, 0.3) is 0 Å². The van der Waals surface area contributed by atoms with Crippen molar-refractivity contribution in [2.45, 2.75) is 32.7 Å². The maximum absolute atomic E-state index is 5.65. The molecular formula is C14H24ClN3. The van der Waals surface area contributed by atoms with Crippen molar-refractivity contribution in [3.8, 4) is 0 Å². The molecule has 0 saturated carbocycles. The second-order valence-electron chi connectivity index (χ2n) is 5.07. The number of hydrogen-bond donors (Lipinski definition) is 1. The molecular weight excluding hydrogens is 246 g/mol. The van der Waals surface area contributed by atoms with E-state index in [1.165, 1.54) is 37.9 Å². The van der Waals surface area contributed by atoms with Crippen LogP contribution in [0.5, 0.6) is 0 Å². The molecule has 1 fully saturated rings. The van der Waals surface area contributed by atoms with Crippen LogP contribution in [0.3, 0.4) is 0 Å². The number of halogens is 1. The van der Waals surface area contributed by atoms with E-state index >= 15 is 0 Å².